The summed E-state index contributed by atoms with van der Waals surface area (Å²) in [5, 5.41) is 2.27. The van der Waals surface area contributed by atoms with E-state index in [9.17, 15) is 9.59 Å². The third-order valence-electron chi connectivity index (χ3n) is 13.4. The molecule has 0 heterocycles. The summed E-state index contributed by atoms with van der Waals surface area (Å²) < 4.78 is 11.0. The molecule has 5 aliphatic carbocycles. The van der Waals surface area contributed by atoms with Crippen molar-refractivity contribution < 1.29 is 19.1 Å². The Bertz CT molecular complexity index is 2870. The average Bonchev–Trinajstić information content (AvgIpc) is 3.54. The summed E-state index contributed by atoms with van der Waals surface area (Å²) in [5.41, 5.74) is 17.9. The van der Waals surface area contributed by atoms with E-state index in [4.69, 9.17) is 9.47 Å². The number of benzene rings is 4. The minimum Gasteiger partial charge on any atom is -0.462 e. The standard InChI is InChI=1S/C58H54O4/c1-9-58(26-10-27-61-55(59)35(2)3)51-33-42(41-15-14-39-29-37(11-12-40(39)30-41)25-28-62-56(60)36(4)5)18-22-48(51)49-23-19-43(34-52(49)58)47-21-17-38-13-16-44-31-46(57(6,7)8)32-45-20-24-50(47)54(38)53(44)45/h9,11-24,29-34,53-54H,1-2,4,10,25-28H2,3,5-8H3. The third kappa shape index (κ3) is 7.15. The number of esters is 2. The van der Waals surface area contributed by atoms with Crippen LogP contribution in [0, 0.1) is 17.3 Å². The van der Waals surface area contributed by atoms with E-state index in [0.29, 0.717) is 43.1 Å². The Morgan fingerprint density at radius 1 is 0.677 bits per heavy atom. The van der Waals surface area contributed by atoms with E-state index in [-0.39, 0.29) is 23.3 Å². The molecule has 62 heavy (non-hydrogen) atoms. The summed E-state index contributed by atoms with van der Waals surface area (Å²) in [7, 11) is 0. The van der Waals surface area contributed by atoms with Crippen LogP contribution in [0.25, 0.3) is 38.6 Å². The maximum Gasteiger partial charge on any atom is 0.333 e. The number of ether oxygens (including phenoxy) is 2. The van der Waals surface area contributed by atoms with Crippen molar-refractivity contribution in [2.24, 2.45) is 17.3 Å². The molecule has 4 nitrogen and oxygen atoms in total. The van der Waals surface area contributed by atoms with Gasteiger partial charge < -0.3 is 9.47 Å². The SMILES string of the molecule is C=CC1(CCCOC(=O)C(=C)C)c2cc(C3=CC=C4C=CC5=CC(C(C)(C)C)=CC6=CC=C3C4C65)ccc2-c2ccc(-c3ccc4cc(CCOC(=O)C(=C)C)ccc4c3)cc21. The topological polar surface area (TPSA) is 52.6 Å². The van der Waals surface area contributed by atoms with Crippen molar-refractivity contribution in [3.05, 3.63) is 208 Å². The quantitative estimate of drug-likeness (QED) is 0.0619. The number of fused-ring (bicyclic) bond motifs is 4. The fourth-order valence-corrected chi connectivity index (χ4v) is 10.0. The first kappa shape index (κ1) is 40.9. The fourth-order valence-electron chi connectivity index (χ4n) is 10.0. The summed E-state index contributed by atoms with van der Waals surface area (Å²) in [6, 6.07) is 26.9. The predicted octanol–water partition coefficient (Wildman–Crippen LogP) is 13.4. The van der Waals surface area contributed by atoms with E-state index < -0.39 is 5.41 Å². The second-order valence-corrected chi connectivity index (χ2v) is 18.6. The molecule has 0 fully saturated rings. The predicted molar refractivity (Wildman–Crippen MR) is 254 cm³/mol. The number of rotatable bonds is 12. The average molecular weight is 815 g/mol. The molecule has 0 aliphatic heterocycles. The Morgan fingerprint density at radius 2 is 1.29 bits per heavy atom. The Hall–Kier alpha value is -6.52. The van der Waals surface area contributed by atoms with Crippen LogP contribution in [0.3, 0.4) is 0 Å². The lowest BCUT2D eigenvalue weighted by molar-refractivity contribution is -0.139. The monoisotopic (exact) mass is 814 g/mol. The van der Waals surface area contributed by atoms with Gasteiger partial charge >= 0.3 is 11.9 Å². The van der Waals surface area contributed by atoms with E-state index >= 15 is 0 Å². The second kappa shape index (κ2) is 15.7. The summed E-state index contributed by atoms with van der Waals surface area (Å²) in [4.78, 5) is 24.3. The zero-order valence-electron chi connectivity index (χ0n) is 36.6. The molecule has 5 aliphatic rings. The lowest BCUT2D eigenvalue weighted by atomic mass is 9.61. The summed E-state index contributed by atoms with van der Waals surface area (Å²) in [5.74, 6) is -0.149. The van der Waals surface area contributed by atoms with Crippen molar-refractivity contribution in [1.29, 1.82) is 0 Å². The highest BCUT2D eigenvalue weighted by Gasteiger charge is 2.43. The van der Waals surface area contributed by atoms with Gasteiger partial charge in [0.25, 0.3) is 0 Å². The number of hydrogen-bond donors (Lipinski definition) is 0. The van der Waals surface area contributed by atoms with Gasteiger partial charge in [-0.25, -0.2) is 9.59 Å². The molecule has 4 aromatic carbocycles. The van der Waals surface area contributed by atoms with E-state index in [1.807, 2.05) is 0 Å². The highest BCUT2D eigenvalue weighted by atomic mass is 16.5. The van der Waals surface area contributed by atoms with Crippen molar-refractivity contribution >= 4 is 28.3 Å². The molecule has 0 radical (unpaired) electrons. The molecule has 0 bridgehead atoms. The van der Waals surface area contributed by atoms with Crippen LogP contribution in [0.5, 0.6) is 0 Å². The number of carbonyl (C=O) groups is 2. The molecule has 0 aromatic heterocycles. The van der Waals surface area contributed by atoms with E-state index in [1.165, 1.54) is 61.3 Å². The van der Waals surface area contributed by atoms with E-state index in [1.54, 1.807) is 13.8 Å². The van der Waals surface area contributed by atoms with Crippen LogP contribution in [0.4, 0.5) is 0 Å². The first-order valence-corrected chi connectivity index (χ1v) is 21.8. The normalized spacial score (nSPS) is 20.3. The third-order valence-corrected chi connectivity index (χ3v) is 13.4. The minimum atomic E-state index is -0.517. The van der Waals surface area contributed by atoms with Crippen LogP contribution in [-0.4, -0.2) is 25.2 Å². The van der Waals surface area contributed by atoms with Crippen molar-refractivity contribution in [3.63, 3.8) is 0 Å². The number of hydrogen-bond acceptors (Lipinski definition) is 4. The van der Waals surface area contributed by atoms with Crippen LogP contribution in [0.1, 0.15) is 69.7 Å². The van der Waals surface area contributed by atoms with Gasteiger partial charge in [-0.3, -0.25) is 0 Å². The lowest BCUT2D eigenvalue weighted by Crippen LogP contribution is -2.31. The molecule has 3 unspecified atom stereocenters. The molecule has 9 rings (SSSR count). The zero-order valence-corrected chi connectivity index (χ0v) is 36.6. The van der Waals surface area contributed by atoms with Gasteiger partial charge in [-0.2, -0.15) is 0 Å². The molecule has 0 amide bonds. The second-order valence-electron chi connectivity index (χ2n) is 18.6. The maximum absolute atomic E-state index is 12.4. The minimum absolute atomic E-state index is 0.0724. The van der Waals surface area contributed by atoms with Crippen molar-refractivity contribution in [2.45, 2.75) is 59.3 Å². The molecule has 0 N–H and O–H groups in total. The molecule has 4 aromatic rings. The summed E-state index contributed by atoms with van der Waals surface area (Å²) >= 11 is 0. The molecular weight excluding hydrogens is 761 g/mol. The van der Waals surface area contributed by atoms with Crippen molar-refractivity contribution in [2.75, 3.05) is 13.2 Å². The molecule has 0 saturated heterocycles. The Kier molecular flexibility index (Phi) is 10.4. The van der Waals surface area contributed by atoms with Crippen LogP contribution in [0.15, 0.2) is 186 Å². The summed E-state index contributed by atoms with van der Waals surface area (Å²) in [6.45, 7) is 22.8. The molecule has 310 valence electrons. The van der Waals surface area contributed by atoms with Crippen molar-refractivity contribution in [1.82, 2.24) is 0 Å². The molecule has 3 atom stereocenters. The highest BCUT2D eigenvalue weighted by molar-refractivity contribution is 5.93. The Balaban J connectivity index is 1.07. The zero-order chi connectivity index (χ0) is 43.5. The molecule has 0 saturated carbocycles. The fraction of sp³-hybridized carbons (Fsp3) is 0.241. The van der Waals surface area contributed by atoms with E-state index in [2.05, 4.69) is 168 Å². The van der Waals surface area contributed by atoms with Gasteiger partial charge in [-0.05, 0) is 139 Å². The van der Waals surface area contributed by atoms with Gasteiger partial charge in [-0.15, -0.1) is 6.58 Å². The largest absolute Gasteiger partial charge is 0.462 e. The smallest absolute Gasteiger partial charge is 0.333 e. The molecule has 4 heteroatoms. The van der Waals surface area contributed by atoms with Crippen LogP contribution >= 0.6 is 0 Å². The van der Waals surface area contributed by atoms with Gasteiger partial charge in [0.15, 0.2) is 0 Å². The van der Waals surface area contributed by atoms with Crippen LogP contribution in [0.2, 0.25) is 0 Å². The van der Waals surface area contributed by atoms with Gasteiger partial charge in [0.1, 0.15) is 0 Å². The van der Waals surface area contributed by atoms with E-state index in [0.717, 1.165) is 33.9 Å². The molecule has 0 spiro atoms. The van der Waals surface area contributed by atoms with Gasteiger partial charge in [-0.1, -0.05) is 143 Å². The molecular formula is C58H54O4. The number of allylic oxidation sites excluding steroid dienone is 15. The number of carbonyl (C=O) groups excluding carboxylic acids is 2. The lowest BCUT2D eigenvalue weighted by Gasteiger charge is -2.42. The Morgan fingerprint density at radius 3 is 2.00 bits per heavy atom. The highest BCUT2D eigenvalue weighted by Crippen LogP contribution is 2.56. The van der Waals surface area contributed by atoms with Gasteiger partial charge in [0.2, 0.25) is 0 Å². The van der Waals surface area contributed by atoms with Gasteiger partial charge in [0, 0.05) is 34.8 Å². The first-order chi connectivity index (χ1) is 29.8. The van der Waals surface area contributed by atoms with Crippen LogP contribution in [-0.2, 0) is 30.9 Å². The first-order valence-electron chi connectivity index (χ1n) is 21.8. The van der Waals surface area contributed by atoms with Gasteiger partial charge in [0.05, 0.1) is 13.2 Å². The summed E-state index contributed by atoms with van der Waals surface area (Å²) in [6.07, 6.45) is 23.0. The van der Waals surface area contributed by atoms with Crippen molar-refractivity contribution in [3.8, 4) is 22.3 Å². The Labute approximate surface area is 366 Å². The van der Waals surface area contributed by atoms with Crippen LogP contribution < -0.4 is 0 Å². The maximum atomic E-state index is 12.4.